The standard InChI is InChI=1S/C3H8O8P2/c1-3(4)2-10-13(8,9)11-12(5,6)7/h2H2,1H3,(H,8,9)(H2,5,6,7). The molecule has 0 saturated carbocycles. The van der Waals surface area contributed by atoms with Gasteiger partial charge in [0.2, 0.25) is 0 Å². The van der Waals surface area contributed by atoms with Gasteiger partial charge < -0.3 is 14.7 Å². The fraction of sp³-hybridized carbons (Fsp3) is 0.667. The Morgan fingerprint density at radius 1 is 1.31 bits per heavy atom. The van der Waals surface area contributed by atoms with Crippen molar-refractivity contribution in [1.82, 2.24) is 0 Å². The Bertz CT molecular complexity index is 277. The minimum atomic E-state index is -5.10. The smallest absolute Gasteiger partial charge is 0.302 e. The average Bonchev–Trinajstić information content (AvgIpc) is 1.78. The molecule has 0 aromatic rings. The molecule has 3 N–H and O–H groups in total. The SMILES string of the molecule is CC(=O)COP(=O)(O)OP(=O)(O)O. The molecule has 0 aliphatic heterocycles. The van der Waals surface area contributed by atoms with Crippen LogP contribution in [0.2, 0.25) is 0 Å². The number of phosphoric ester groups is 1. The highest BCUT2D eigenvalue weighted by Gasteiger charge is 2.32. The third-order valence-corrected chi connectivity index (χ3v) is 2.77. The molecule has 78 valence electrons. The number of ketones is 1. The Hall–Kier alpha value is -0.0700. The summed E-state index contributed by atoms with van der Waals surface area (Å²) < 4.78 is 28.0. The summed E-state index contributed by atoms with van der Waals surface area (Å²) in [5, 5.41) is 0. The fourth-order valence-corrected chi connectivity index (χ4v) is 1.94. The van der Waals surface area contributed by atoms with Crippen molar-refractivity contribution in [3.8, 4) is 0 Å². The lowest BCUT2D eigenvalue weighted by molar-refractivity contribution is -0.119. The van der Waals surface area contributed by atoms with Crippen LogP contribution in [0.1, 0.15) is 6.92 Å². The van der Waals surface area contributed by atoms with Gasteiger partial charge >= 0.3 is 15.6 Å². The summed E-state index contributed by atoms with van der Waals surface area (Å²) in [6.07, 6.45) is 0. The summed E-state index contributed by atoms with van der Waals surface area (Å²) in [5.41, 5.74) is 0. The van der Waals surface area contributed by atoms with E-state index in [0.717, 1.165) is 6.92 Å². The molecule has 0 rings (SSSR count). The molecular weight excluding hydrogens is 226 g/mol. The fourth-order valence-electron chi connectivity index (χ4n) is 0.330. The molecule has 0 aliphatic rings. The van der Waals surface area contributed by atoms with Gasteiger partial charge in [0.25, 0.3) is 0 Å². The Morgan fingerprint density at radius 2 is 1.77 bits per heavy atom. The van der Waals surface area contributed by atoms with Gasteiger partial charge in [-0.2, -0.15) is 4.31 Å². The lowest BCUT2D eigenvalue weighted by Crippen LogP contribution is -2.03. The van der Waals surface area contributed by atoms with Crippen LogP contribution < -0.4 is 0 Å². The van der Waals surface area contributed by atoms with Gasteiger partial charge in [-0.1, -0.05) is 0 Å². The van der Waals surface area contributed by atoms with Crippen molar-refractivity contribution in [2.45, 2.75) is 6.92 Å². The van der Waals surface area contributed by atoms with E-state index in [4.69, 9.17) is 14.7 Å². The zero-order valence-corrected chi connectivity index (χ0v) is 8.27. The van der Waals surface area contributed by atoms with Crippen molar-refractivity contribution in [3.63, 3.8) is 0 Å². The zero-order valence-electron chi connectivity index (χ0n) is 6.48. The van der Waals surface area contributed by atoms with E-state index in [1.54, 1.807) is 0 Å². The summed E-state index contributed by atoms with van der Waals surface area (Å²) in [6.45, 7) is 0.311. The van der Waals surface area contributed by atoms with Crippen molar-refractivity contribution in [1.29, 1.82) is 0 Å². The normalized spacial score (nSPS) is 16.6. The predicted octanol–water partition coefficient (Wildman–Crippen LogP) is -0.198. The summed E-state index contributed by atoms with van der Waals surface area (Å²) in [4.78, 5) is 35.0. The Balaban J connectivity index is 4.18. The van der Waals surface area contributed by atoms with Crippen LogP contribution in [0, 0.1) is 0 Å². The van der Waals surface area contributed by atoms with Gasteiger partial charge in [-0.3, -0.25) is 9.32 Å². The number of hydrogen-bond acceptors (Lipinski definition) is 5. The third-order valence-electron chi connectivity index (χ3n) is 0.641. The molecule has 0 saturated heterocycles. The molecular formula is C3H8O8P2. The molecule has 10 heteroatoms. The molecule has 8 nitrogen and oxygen atoms in total. The number of carbonyl (C=O) groups excluding carboxylic acids is 1. The molecule has 1 unspecified atom stereocenters. The van der Waals surface area contributed by atoms with Gasteiger partial charge in [-0.15, -0.1) is 0 Å². The van der Waals surface area contributed by atoms with Crippen LogP contribution in [0.25, 0.3) is 0 Å². The lowest BCUT2D eigenvalue weighted by Gasteiger charge is -2.10. The summed E-state index contributed by atoms with van der Waals surface area (Å²) >= 11 is 0. The second-order valence-electron chi connectivity index (χ2n) is 2.02. The van der Waals surface area contributed by atoms with Gasteiger partial charge in [0.15, 0.2) is 5.78 Å². The molecule has 0 heterocycles. The van der Waals surface area contributed by atoms with E-state index in [2.05, 4.69) is 8.83 Å². The second-order valence-corrected chi connectivity index (χ2v) is 4.85. The van der Waals surface area contributed by atoms with E-state index in [1.165, 1.54) is 0 Å². The first kappa shape index (κ1) is 12.9. The lowest BCUT2D eigenvalue weighted by atomic mass is 10.5. The van der Waals surface area contributed by atoms with Crippen LogP contribution in [0.3, 0.4) is 0 Å². The maximum Gasteiger partial charge on any atom is 0.481 e. The highest BCUT2D eigenvalue weighted by Crippen LogP contribution is 2.57. The van der Waals surface area contributed by atoms with Gasteiger partial charge in [0.1, 0.15) is 6.61 Å². The highest BCUT2D eigenvalue weighted by molar-refractivity contribution is 7.60. The number of hydrogen-bond donors (Lipinski definition) is 3. The Morgan fingerprint density at radius 3 is 2.08 bits per heavy atom. The average molecular weight is 234 g/mol. The molecule has 0 aliphatic carbocycles. The Kier molecular flexibility index (Phi) is 4.41. The quantitative estimate of drug-likeness (QED) is 0.557. The first-order valence-electron chi connectivity index (χ1n) is 2.86. The summed E-state index contributed by atoms with van der Waals surface area (Å²) in [7, 11) is -9.95. The monoisotopic (exact) mass is 234 g/mol. The van der Waals surface area contributed by atoms with E-state index >= 15 is 0 Å². The number of carbonyl (C=O) groups is 1. The highest BCUT2D eigenvalue weighted by atomic mass is 31.3. The van der Waals surface area contributed by atoms with Gasteiger partial charge in [0.05, 0.1) is 0 Å². The molecule has 0 fully saturated rings. The molecule has 0 aromatic carbocycles. The van der Waals surface area contributed by atoms with Gasteiger partial charge in [0, 0.05) is 0 Å². The third kappa shape index (κ3) is 8.27. The largest absolute Gasteiger partial charge is 0.481 e. The van der Waals surface area contributed by atoms with E-state index in [0.29, 0.717) is 0 Å². The molecule has 0 bridgehead atoms. The summed E-state index contributed by atoms with van der Waals surface area (Å²) in [6, 6.07) is 0. The number of phosphoric acid groups is 2. The second kappa shape index (κ2) is 4.43. The maximum absolute atomic E-state index is 10.6. The molecule has 0 radical (unpaired) electrons. The first-order chi connectivity index (χ1) is 5.62. The van der Waals surface area contributed by atoms with E-state index in [-0.39, 0.29) is 0 Å². The van der Waals surface area contributed by atoms with Gasteiger partial charge in [-0.25, -0.2) is 9.13 Å². The number of Topliss-reactive ketones (excluding diaryl/α,β-unsaturated/α-hetero) is 1. The van der Waals surface area contributed by atoms with Crippen molar-refractivity contribution in [2.75, 3.05) is 6.61 Å². The van der Waals surface area contributed by atoms with E-state index in [9.17, 15) is 13.9 Å². The minimum Gasteiger partial charge on any atom is -0.302 e. The minimum absolute atomic E-state index is 0.580. The van der Waals surface area contributed by atoms with Crippen molar-refractivity contribution < 1.29 is 37.4 Å². The number of rotatable bonds is 5. The molecule has 0 aromatic heterocycles. The van der Waals surface area contributed by atoms with Crippen molar-refractivity contribution in [2.24, 2.45) is 0 Å². The van der Waals surface area contributed by atoms with Crippen LogP contribution in [0.15, 0.2) is 0 Å². The van der Waals surface area contributed by atoms with Gasteiger partial charge in [-0.05, 0) is 6.92 Å². The van der Waals surface area contributed by atoms with Crippen LogP contribution in [-0.2, 0) is 22.8 Å². The van der Waals surface area contributed by atoms with Crippen molar-refractivity contribution >= 4 is 21.4 Å². The van der Waals surface area contributed by atoms with Crippen LogP contribution >= 0.6 is 15.6 Å². The molecule has 0 amide bonds. The van der Waals surface area contributed by atoms with Crippen molar-refractivity contribution in [3.05, 3.63) is 0 Å². The zero-order chi connectivity index (χ0) is 10.7. The van der Waals surface area contributed by atoms with Crippen LogP contribution in [0.4, 0.5) is 0 Å². The maximum atomic E-state index is 10.6. The molecule has 13 heavy (non-hydrogen) atoms. The predicted molar refractivity (Wildman–Crippen MR) is 39.6 cm³/mol. The Labute approximate surface area is 73.3 Å². The van der Waals surface area contributed by atoms with E-state index < -0.39 is 28.0 Å². The topological polar surface area (TPSA) is 130 Å². The van der Waals surface area contributed by atoms with E-state index in [1.807, 2.05) is 0 Å². The summed E-state index contributed by atoms with van der Waals surface area (Å²) in [5.74, 6) is -0.580. The van der Waals surface area contributed by atoms with Crippen LogP contribution in [-0.4, -0.2) is 27.1 Å². The molecule has 0 spiro atoms. The first-order valence-corrected chi connectivity index (χ1v) is 5.88. The van der Waals surface area contributed by atoms with Crippen LogP contribution in [0.5, 0.6) is 0 Å². The molecule has 1 atom stereocenters.